The van der Waals surface area contributed by atoms with Crippen LogP contribution in [-0.2, 0) is 0 Å². The molecule has 0 radical (unpaired) electrons. The predicted octanol–water partition coefficient (Wildman–Crippen LogP) is 1.41. The largest absolute Gasteiger partial charge is 0.311 e. The monoisotopic (exact) mass is 216 g/mol. The predicted molar refractivity (Wildman–Crippen MR) is 64.7 cm³/mol. The van der Waals surface area contributed by atoms with Crippen LogP contribution in [0.5, 0.6) is 0 Å². The SMILES string of the molecule is CC1[NH2+]C(N2CCCC2)=Nc2ccccc21. The van der Waals surface area contributed by atoms with Crippen LogP contribution in [0.3, 0.4) is 0 Å². The van der Waals surface area contributed by atoms with Gasteiger partial charge < -0.3 is 4.90 Å². The summed E-state index contributed by atoms with van der Waals surface area (Å²) in [4.78, 5) is 7.17. The first kappa shape index (κ1) is 9.85. The second-order valence-corrected chi connectivity index (χ2v) is 4.68. The standard InChI is InChI=1S/C13H17N3/c1-10-11-6-2-3-7-12(11)15-13(14-10)16-8-4-5-9-16/h2-3,6-7,10H,4-5,8-9H2,1H3,(H,14,15)/p+1. The van der Waals surface area contributed by atoms with Crippen molar-refractivity contribution >= 4 is 11.6 Å². The summed E-state index contributed by atoms with van der Waals surface area (Å²) in [5.41, 5.74) is 2.50. The number of hydrogen-bond acceptors (Lipinski definition) is 2. The summed E-state index contributed by atoms with van der Waals surface area (Å²) in [5, 5.41) is 2.30. The highest BCUT2D eigenvalue weighted by Gasteiger charge is 2.27. The molecule has 1 saturated heterocycles. The van der Waals surface area contributed by atoms with Crippen LogP contribution in [0, 0.1) is 0 Å². The molecule has 2 heterocycles. The number of guanidine groups is 1. The molecule has 1 fully saturated rings. The van der Waals surface area contributed by atoms with Crippen LogP contribution < -0.4 is 5.32 Å². The molecule has 3 heteroatoms. The van der Waals surface area contributed by atoms with Crippen molar-refractivity contribution in [3.8, 4) is 0 Å². The number of rotatable bonds is 0. The van der Waals surface area contributed by atoms with Crippen molar-refractivity contribution in [1.29, 1.82) is 0 Å². The van der Waals surface area contributed by atoms with Gasteiger partial charge in [0.25, 0.3) is 0 Å². The molecule has 2 N–H and O–H groups in total. The summed E-state index contributed by atoms with van der Waals surface area (Å²) in [6.07, 6.45) is 2.62. The second-order valence-electron chi connectivity index (χ2n) is 4.68. The Balaban J connectivity index is 1.95. The van der Waals surface area contributed by atoms with Crippen LogP contribution in [-0.4, -0.2) is 23.9 Å². The molecule has 0 aromatic heterocycles. The third-order valence-electron chi connectivity index (χ3n) is 3.49. The molecule has 2 aliphatic heterocycles. The summed E-state index contributed by atoms with van der Waals surface area (Å²) in [7, 11) is 0. The van der Waals surface area contributed by atoms with E-state index in [1.165, 1.54) is 37.5 Å². The smallest absolute Gasteiger partial charge is 0.302 e. The fourth-order valence-electron chi connectivity index (χ4n) is 2.57. The number of para-hydroxylation sites is 1. The zero-order valence-corrected chi connectivity index (χ0v) is 9.69. The Morgan fingerprint density at radius 1 is 1.25 bits per heavy atom. The van der Waals surface area contributed by atoms with Gasteiger partial charge in [0.05, 0.1) is 5.69 Å². The van der Waals surface area contributed by atoms with Crippen LogP contribution in [0.15, 0.2) is 29.3 Å². The van der Waals surface area contributed by atoms with Gasteiger partial charge in [-0.2, -0.15) is 4.99 Å². The maximum Gasteiger partial charge on any atom is 0.302 e. The van der Waals surface area contributed by atoms with Gasteiger partial charge in [-0.1, -0.05) is 18.2 Å². The summed E-state index contributed by atoms with van der Waals surface area (Å²) in [6, 6.07) is 8.96. The number of nitrogens with two attached hydrogens (primary N) is 1. The second kappa shape index (κ2) is 3.91. The normalized spacial score (nSPS) is 24.2. The van der Waals surface area contributed by atoms with Gasteiger partial charge in [-0.25, -0.2) is 0 Å². The third kappa shape index (κ3) is 1.61. The van der Waals surface area contributed by atoms with Gasteiger partial charge >= 0.3 is 5.96 Å². The first-order chi connectivity index (χ1) is 7.84. The van der Waals surface area contributed by atoms with Crippen LogP contribution in [0.1, 0.15) is 31.4 Å². The summed E-state index contributed by atoms with van der Waals surface area (Å²) in [5.74, 6) is 1.18. The van der Waals surface area contributed by atoms with Gasteiger partial charge in [-0.05, 0) is 25.8 Å². The molecule has 0 amide bonds. The molecule has 1 aromatic carbocycles. The van der Waals surface area contributed by atoms with Crippen molar-refractivity contribution in [3.63, 3.8) is 0 Å². The molecule has 3 rings (SSSR count). The molecule has 0 bridgehead atoms. The van der Waals surface area contributed by atoms with Crippen LogP contribution in [0.25, 0.3) is 0 Å². The first-order valence-corrected chi connectivity index (χ1v) is 6.12. The van der Waals surface area contributed by atoms with Gasteiger partial charge in [0.15, 0.2) is 0 Å². The summed E-state index contributed by atoms with van der Waals surface area (Å²) >= 11 is 0. The lowest BCUT2D eigenvalue weighted by molar-refractivity contribution is -0.593. The average Bonchev–Trinajstić information content (AvgIpc) is 2.82. The van der Waals surface area contributed by atoms with E-state index in [9.17, 15) is 0 Å². The molecule has 16 heavy (non-hydrogen) atoms. The number of quaternary nitrogens is 1. The molecule has 0 saturated carbocycles. The number of fused-ring (bicyclic) bond motifs is 1. The number of aliphatic imine (C=N–C) groups is 1. The molecule has 0 spiro atoms. The number of likely N-dealkylation sites (tertiary alicyclic amines) is 1. The molecular weight excluding hydrogens is 198 g/mol. The van der Waals surface area contributed by atoms with E-state index >= 15 is 0 Å². The van der Waals surface area contributed by atoms with Gasteiger partial charge in [-0.3, -0.25) is 5.32 Å². The Labute approximate surface area is 96.2 Å². The van der Waals surface area contributed by atoms with Crippen molar-refractivity contribution in [2.24, 2.45) is 4.99 Å². The lowest BCUT2D eigenvalue weighted by Crippen LogP contribution is -2.92. The molecule has 1 atom stereocenters. The molecule has 1 aromatic rings. The van der Waals surface area contributed by atoms with E-state index in [-0.39, 0.29) is 0 Å². The van der Waals surface area contributed by atoms with E-state index < -0.39 is 0 Å². The molecule has 2 aliphatic rings. The Bertz CT molecular complexity index is 419. The minimum absolute atomic E-state index is 0.490. The van der Waals surface area contributed by atoms with Gasteiger partial charge in [0.2, 0.25) is 0 Å². The van der Waals surface area contributed by atoms with Crippen molar-refractivity contribution in [2.75, 3.05) is 13.1 Å². The van der Waals surface area contributed by atoms with Gasteiger partial charge in [0, 0.05) is 18.7 Å². The Morgan fingerprint density at radius 3 is 2.81 bits per heavy atom. The third-order valence-corrected chi connectivity index (χ3v) is 3.49. The van der Waals surface area contributed by atoms with Crippen molar-refractivity contribution in [3.05, 3.63) is 29.8 Å². The van der Waals surface area contributed by atoms with Gasteiger partial charge in [0.1, 0.15) is 6.04 Å². The van der Waals surface area contributed by atoms with Crippen LogP contribution in [0.2, 0.25) is 0 Å². The van der Waals surface area contributed by atoms with E-state index in [2.05, 4.69) is 41.4 Å². The number of nitrogens with zero attached hydrogens (tertiary/aromatic N) is 2. The highest BCUT2D eigenvalue weighted by Crippen LogP contribution is 2.26. The molecule has 1 unspecified atom stereocenters. The Hall–Kier alpha value is -1.35. The molecule has 84 valence electrons. The fourth-order valence-corrected chi connectivity index (χ4v) is 2.57. The van der Waals surface area contributed by atoms with Crippen molar-refractivity contribution in [1.82, 2.24) is 4.90 Å². The van der Waals surface area contributed by atoms with E-state index in [0.717, 1.165) is 5.69 Å². The van der Waals surface area contributed by atoms with Crippen LogP contribution in [0.4, 0.5) is 5.69 Å². The van der Waals surface area contributed by atoms with E-state index in [1.54, 1.807) is 0 Å². The molecule has 3 nitrogen and oxygen atoms in total. The zero-order valence-electron chi connectivity index (χ0n) is 9.69. The van der Waals surface area contributed by atoms with Crippen molar-refractivity contribution in [2.45, 2.75) is 25.8 Å². The zero-order chi connectivity index (χ0) is 11.0. The first-order valence-electron chi connectivity index (χ1n) is 6.12. The van der Waals surface area contributed by atoms with E-state index in [0.29, 0.717) is 6.04 Å². The highest BCUT2D eigenvalue weighted by molar-refractivity contribution is 5.76. The minimum Gasteiger partial charge on any atom is -0.311 e. The Morgan fingerprint density at radius 2 is 2.00 bits per heavy atom. The number of hydrogen-bond donors (Lipinski definition) is 1. The van der Waals surface area contributed by atoms with E-state index in [1.807, 2.05) is 0 Å². The molecule has 0 aliphatic carbocycles. The summed E-state index contributed by atoms with van der Waals surface area (Å²) < 4.78 is 0. The Kier molecular flexibility index (Phi) is 2.40. The van der Waals surface area contributed by atoms with Crippen LogP contribution >= 0.6 is 0 Å². The number of benzene rings is 1. The molecular formula is C13H18N3+. The maximum atomic E-state index is 4.76. The fraction of sp³-hybridized carbons (Fsp3) is 0.462. The maximum absolute atomic E-state index is 4.76. The van der Waals surface area contributed by atoms with E-state index in [4.69, 9.17) is 4.99 Å². The lowest BCUT2D eigenvalue weighted by atomic mass is 10.1. The summed E-state index contributed by atoms with van der Waals surface area (Å²) in [6.45, 7) is 4.60. The average molecular weight is 216 g/mol. The highest BCUT2D eigenvalue weighted by atomic mass is 15.3. The van der Waals surface area contributed by atoms with Gasteiger partial charge in [-0.15, -0.1) is 0 Å². The lowest BCUT2D eigenvalue weighted by Gasteiger charge is -2.24. The minimum atomic E-state index is 0.490. The quantitative estimate of drug-likeness (QED) is 0.698. The topological polar surface area (TPSA) is 32.2 Å². The van der Waals surface area contributed by atoms with Crippen molar-refractivity contribution < 1.29 is 5.32 Å².